The average Bonchev–Trinajstić information content (AvgIpc) is 2.52. The first-order valence-corrected chi connectivity index (χ1v) is 5.80. The smallest absolute Gasteiger partial charge is 0.170 e. The minimum atomic E-state index is -0.0205. The zero-order valence-electron chi connectivity index (χ0n) is 9.72. The van der Waals surface area contributed by atoms with E-state index in [-0.39, 0.29) is 11.6 Å². The van der Waals surface area contributed by atoms with Crippen LogP contribution in [0.5, 0.6) is 0 Å². The van der Waals surface area contributed by atoms with Crippen LogP contribution in [-0.4, -0.2) is 18.1 Å². The summed E-state index contributed by atoms with van der Waals surface area (Å²) in [4.78, 5) is 23.5. The zero-order valence-corrected chi connectivity index (χ0v) is 10.5. The molecule has 0 saturated carbocycles. The fourth-order valence-corrected chi connectivity index (χ4v) is 2.72. The Bertz CT molecular complexity index is 446. The molecule has 0 radical (unpaired) electrons. The van der Waals surface area contributed by atoms with E-state index in [1.165, 1.54) is 25.2 Å². The maximum atomic E-state index is 11.5. The van der Waals surface area contributed by atoms with Crippen LogP contribution < -0.4 is 5.32 Å². The van der Waals surface area contributed by atoms with Crippen LogP contribution in [-0.2, 0) is 0 Å². The Morgan fingerprint density at radius 2 is 2.00 bits per heavy atom. The molecule has 1 heterocycles. The summed E-state index contributed by atoms with van der Waals surface area (Å²) in [6, 6.07) is 0. The van der Waals surface area contributed by atoms with E-state index in [0.29, 0.717) is 17.0 Å². The molecule has 16 heavy (non-hydrogen) atoms. The normalized spacial score (nSPS) is 9.94. The molecule has 0 spiro atoms. The van der Waals surface area contributed by atoms with E-state index in [9.17, 15) is 9.59 Å². The molecule has 1 N–H and O–H groups in total. The molecule has 1 rings (SSSR count). The van der Waals surface area contributed by atoms with Gasteiger partial charge >= 0.3 is 0 Å². The summed E-state index contributed by atoms with van der Waals surface area (Å²) in [5.74, 6) is -0.0236. The van der Waals surface area contributed by atoms with Crippen molar-refractivity contribution in [2.45, 2.75) is 20.8 Å². The lowest BCUT2D eigenvalue weighted by molar-refractivity contribution is 0.101. The highest BCUT2D eigenvalue weighted by Gasteiger charge is 2.19. The van der Waals surface area contributed by atoms with E-state index in [2.05, 4.69) is 11.9 Å². The number of thiophene rings is 1. The van der Waals surface area contributed by atoms with Crippen molar-refractivity contribution < 1.29 is 9.59 Å². The molecule has 0 atom stereocenters. The quantitative estimate of drug-likeness (QED) is 0.632. The zero-order chi connectivity index (χ0) is 12.3. The highest BCUT2D eigenvalue weighted by molar-refractivity contribution is 7.18. The molecular weight excluding hydrogens is 222 g/mol. The maximum Gasteiger partial charge on any atom is 0.170 e. The lowest BCUT2D eigenvalue weighted by atomic mass is 10.1. The highest BCUT2D eigenvalue weighted by atomic mass is 32.1. The van der Waals surface area contributed by atoms with E-state index in [1.807, 2.05) is 6.92 Å². The number of Topliss-reactive ketones (excluding diaryl/α,β-unsaturated/α-hetero) is 2. The second-order valence-corrected chi connectivity index (χ2v) is 4.56. The van der Waals surface area contributed by atoms with Gasteiger partial charge < -0.3 is 5.32 Å². The molecule has 0 unspecified atom stereocenters. The first-order valence-electron chi connectivity index (χ1n) is 4.99. The van der Waals surface area contributed by atoms with Crippen molar-refractivity contribution in [3.63, 3.8) is 0 Å². The molecule has 0 fully saturated rings. The molecule has 0 bridgehead atoms. The Hall–Kier alpha value is -1.42. The number of ketones is 2. The van der Waals surface area contributed by atoms with Crippen LogP contribution in [0, 0.1) is 6.92 Å². The second-order valence-electron chi connectivity index (χ2n) is 3.54. The molecule has 1 aromatic heterocycles. The molecule has 0 aromatic carbocycles. The third-order valence-corrected chi connectivity index (χ3v) is 3.58. The topological polar surface area (TPSA) is 46.2 Å². The van der Waals surface area contributed by atoms with E-state index in [4.69, 9.17) is 0 Å². The van der Waals surface area contributed by atoms with Gasteiger partial charge in [-0.3, -0.25) is 9.59 Å². The number of rotatable bonds is 5. The summed E-state index contributed by atoms with van der Waals surface area (Å²) >= 11 is 1.33. The summed E-state index contributed by atoms with van der Waals surface area (Å²) < 4.78 is 0. The standard InChI is InChI=1S/C12H15NO2S/c1-5-6-13-12-10(8(3)14)7(2)11(16-12)9(4)15/h5,13H,1,6H2,2-4H3. The van der Waals surface area contributed by atoms with Crippen LogP contribution in [0.15, 0.2) is 12.7 Å². The molecule has 1 aromatic rings. The molecular formula is C12H15NO2S. The van der Waals surface area contributed by atoms with Gasteiger partial charge in [0.15, 0.2) is 11.6 Å². The minimum Gasteiger partial charge on any atom is -0.373 e. The van der Waals surface area contributed by atoms with Crippen molar-refractivity contribution in [3.05, 3.63) is 28.7 Å². The molecule has 0 aliphatic carbocycles. The van der Waals surface area contributed by atoms with Crippen molar-refractivity contribution in [2.75, 3.05) is 11.9 Å². The van der Waals surface area contributed by atoms with Gasteiger partial charge in [0.05, 0.1) is 10.4 Å². The van der Waals surface area contributed by atoms with Crippen LogP contribution in [0.4, 0.5) is 5.00 Å². The van der Waals surface area contributed by atoms with Gasteiger partial charge in [-0.25, -0.2) is 0 Å². The van der Waals surface area contributed by atoms with Crippen molar-refractivity contribution in [1.82, 2.24) is 0 Å². The predicted molar refractivity (Wildman–Crippen MR) is 67.8 cm³/mol. The Kier molecular flexibility index (Phi) is 4.01. The summed E-state index contributed by atoms with van der Waals surface area (Å²) in [5, 5.41) is 3.85. The Balaban J connectivity index is 3.25. The van der Waals surface area contributed by atoms with Crippen molar-refractivity contribution in [3.8, 4) is 0 Å². The molecule has 0 saturated heterocycles. The molecule has 0 aliphatic heterocycles. The fourth-order valence-electron chi connectivity index (χ4n) is 1.56. The first-order chi connectivity index (χ1) is 7.49. The number of carbonyl (C=O) groups excluding carboxylic acids is 2. The third kappa shape index (κ3) is 2.39. The number of anilines is 1. The van der Waals surface area contributed by atoms with Gasteiger partial charge in [0.25, 0.3) is 0 Å². The number of nitrogens with one attached hydrogen (secondary N) is 1. The SMILES string of the molecule is C=CCNc1sc(C(C)=O)c(C)c1C(C)=O. The Morgan fingerprint density at radius 3 is 2.44 bits per heavy atom. The van der Waals surface area contributed by atoms with Gasteiger partial charge in [-0.2, -0.15) is 0 Å². The maximum absolute atomic E-state index is 11.5. The summed E-state index contributed by atoms with van der Waals surface area (Å²) in [5.41, 5.74) is 1.40. The second kappa shape index (κ2) is 5.07. The van der Waals surface area contributed by atoms with E-state index < -0.39 is 0 Å². The molecule has 0 amide bonds. The van der Waals surface area contributed by atoms with Crippen LogP contribution in [0.1, 0.15) is 39.4 Å². The summed E-state index contributed by atoms with van der Waals surface area (Å²) in [6.07, 6.45) is 1.71. The molecule has 86 valence electrons. The summed E-state index contributed by atoms with van der Waals surface area (Å²) in [6.45, 7) is 9.02. The van der Waals surface area contributed by atoms with E-state index in [0.717, 1.165) is 10.6 Å². The molecule has 0 aliphatic rings. The van der Waals surface area contributed by atoms with Gasteiger partial charge in [0, 0.05) is 6.54 Å². The third-order valence-electron chi connectivity index (χ3n) is 2.23. The lowest BCUT2D eigenvalue weighted by Gasteiger charge is -2.02. The van der Waals surface area contributed by atoms with Gasteiger partial charge in [0.2, 0.25) is 0 Å². The van der Waals surface area contributed by atoms with Crippen molar-refractivity contribution >= 4 is 27.9 Å². The largest absolute Gasteiger partial charge is 0.373 e. The number of hydrogen-bond donors (Lipinski definition) is 1. The molecule has 4 heteroatoms. The summed E-state index contributed by atoms with van der Waals surface area (Å²) in [7, 11) is 0. The van der Waals surface area contributed by atoms with Crippen molar-refractivity contribution in [2.24, 2.45) is 0 Å². The lowest BCUT2D eigenvalue weighted by Crippen LogP contribution is -2.02. The van der Waals surface area contributed by atoms with Gasteiger partial charge in [-0.1, -0.05) is 6.08 Å². The van der Waals surface area contributed by atoms with E-state index in [1.54, 1.807) is 6.08 Å². The van der Waals surface area contributed by atoms with Gasteiger partial charge in [0.1, 0.15) is 5.00 Å². The average molecular weight is 237 g/mol. The Labute approximate surface area is 99.2 Å². The number of carbonyl (C=O) groups is 2. The highest BCUT2D eigenvalue weighted by Crippen LogP contribution is 2.33. The minimum absolute atomic E-state index is 0.00310. The van der Waals surface area contributed by atoms with Crippen LogP contribution in [0.25, 0.3) is 0 Å². The van der Waals surface area contributed by atoms with Gasteiger partial charge in [-0.05, 0) is 26.3 Å². The molecule has 3 nitrogen and oxygen atoms in total. The first kappa shape index (κ1) is 12.6. The van der Waals surface area contributed by atoms with Crippen LogP contribution >= 0.6 is 11.3 Å². The number of hydrogen-bond acceptors (Lipinski definition) is 4. The van der Waals surface area contributed by atoms with Crippen LogP contribution in [0.2, 0.25) is 0 Å². The Morgan fingerprint density at radius 1 is 1.38 bits per heavy atom. The monoisotopic (exact) mass is 237 g/mol. The van der Waals surface area contributed by atoms with E-state index >= 15 is 0 Å². The predicted octanol–water partition coefficient (Wildman–Crippen LogP) is 3.06. The van der Waals surface area contributed by atoms with Crippen molar-refractivity contribution in [1.29, 1.82) is 0 Å². The van der Waals surface area contributed by atoms with Gasteiger partial charge in [-0.15, -0.1) is 17.9 Å². The fraction of sp³-hybridized carbons (Fsp3) is 0.333. The van der Waals surface area contributed by atoms with Crippen LogP contribution in [0.3, 0.4) is 0 Å².